The number of nitrogens with zero attached hydrogens (tertiary/aromatic N) is 5. The van der Waals surface area contributed by atoms with Crippen LogP contribution < -0.4 is 10.2 Å². The molecule has 3 rings (SSSR count). The Kier molecular flexibility index (Phi) is 6.16. The third kappa shape index (κ3) is 4.66. The third-order valence-corrected chi connectivity index (χ3v) is 4.31. The van der Waals surface area contributed by atoms with Gasteiger partial charge in [0.05, 0.1) is 0 Å². The number of rotatable bonds is 9. The van der Waals surface area contributed by atoms with Crippen LogP contribution in [0.2, 0.25) is 0 Å². The highest BCUT2D eigenvalue weighted by molar-refractivity contribution is 5.76. The van der Waals surface area contributed by atoms with E-state index in [-0.39, 0.29) is 5.91 Å². The van der Waals surface area contributed by atoms with Crippen molar-refractivity contribution in [2.75, 3.05) is 37.7 Å². The van der Waals surface area contributed by atoms with Gasteiger partial charge in [-0.2, -0.15) is 4.52 Å². The van der Waals surface area contributed by atoms with Crippen LogP contribution in [0.5, 0.6) is 0 Å². The zero-order chi connectivity index (χ0) is 17.5. The number of fused-ring (bicyclic) bond motifs is 1. The van der Waals surface area contributed by atoms with E-state index in [4.69, 9.17) is 4.74 Å². The van der Waals surface area contributed by atoms with E-state index in [2.05, 4.69) is 25.5 Å². The Morgan fingerprint density at radius 3 is 2.92 bits per heavy atom. The fourth-order valence-corrected chi connectivity index (χ4v) is 2.95. The molecule has 136 valence electrons. The van der Waals surface area contributed by atoms with Gasteiger partial charge in [-0.15, -0.1) is 15.3 Å². The largest absolute Gasteiger partial charge is 0.382 e. The first-order chi connectivity index (χ1) is 12.3. The third-order valence-electron chi connectivity index (χ3n) is 4.31. The summed E-state index contributed by atoms with van der Waals surface area (Å²) in [5.41, 5.74) is 0.718. The molecule has 1 fully saturated rings. The highest BCUT2D eigenvalue weighted by atomic mass is 16.5. The molecule has 2 aromatic rings. The number of hydrogen-bond acceptors (Lipinski definition) is 6. The van der Waals surface area contributed by atoms with Crippen LogP contribution in [0.3, 0.4) is 0 Å². The van der Waals surface area contributed by atoms with Crippen LogP contribution in [-0.2, 0) is 16.0 Å². The van der Waals surface area contributed by atoms with E-state index in [9.17, 15) is 4.79 Å². The summed E-state index contributed by atoms with van der Waals surface area (Å²) in [6.45, 7) is 6.07. The smallest absolute Gasteiger partial charge is 0.220 e. The highest BCUT2D eigenvalue weighted by Crippen LogP contribution is 2.18. The molecule has 8 heteroatoms. The van der Waals surface area contributed by atoms with Crippen LogP contribution in [0.25, 0.3) is 5.65 Å². The molecule has 1 saturated heterocycles. The summed E-state index contributed by atoms with van der Waals surface area (Å²) in [6, 6.07) is 3.93. The second kappa shape index (κ2) is 8.75. The second-order valence-corrected chi connectivity index (χ2v) is 6.17. The Morgan fingerprint density at radius 2 is 2.12 bits per heavy atom. The number of carbonyl (C=O) groups excluding carboxylic acids is 1. The number of aryl methyl sites for hydroxylation is 1. The van der Waals surface area contributed by atoms with Crippen LogP contribution >= 0.6 is 0 Å². The first kappa shape index (κ1) is 17.6. The lowest BCUT2D eigenvalue weighted by molar-refractivity contribution is -0.121. The predicted molar refractivity (Wildman–Crippen MR) is 94.7 cm³/mol. The number of ether oxygens (including phenoxy) is 1. The molecular formula is C17H26N6O2. The van der Waals surface area contributed by atoms with Gasteiger partial charge in [-0.3, -0.25) is 4.79 Å². The maximum atomic E-state index is 11.9. The van der Waals surface area contributed by atoms with Crippen molar-refractivity contribution in [3.63, 3.8) is 0 Å². The normalized spacial score (nSPS) is 14.4. The maximum Gasteiger partial charge on any atom is 0.220 e. The second-order valence-electron chi connectivity index (χ2n) is 6.17. The molecule has 2 aromatic heterocycles. The highest BCUT2D eigenvalue weighted by Gasteiger charge is 2.16. The quantitative estimate of drug-likeness (QED) is 0.687. The van der Waals surface area contributed by atoms with Crippen molar-refractivity contribution >= 4 is 17.4 Å². The standard InChI is InChI=1S/C17H26N6O2/c1-2-25-13-5-10-18-17(24)9-8-15-20-19-14-6-7-16(21-23(14)15)22-11-3-4-12-22/h6-7H,2-5,8-13H2,1H3,(H,18,24). The Hall–Kier alpha value is -2.22. The summed E-state index contributed by atoms with van der Waals surface area (Å²) >= 11 is 0. The minimum atomic E-state index is 0.0175. The van der Waals surface area contributed by atoms with Crippen molar-refractivity contribution in [3.05, 3.63) is 18.0 Å². The van der Waals surface area contributed by atoms with Crippen molar-refractivity contribution in [3.8, 4) is 0 Å². The van der Waals surface area contributed by atoms with Crippen molar-refractivity contribution in [2.24, 2.45) is 0 Å². The lowest BCUT2D eigenvalue weighted by Gasteiger charge is -2.15. The van der Waals surface area contributed by atoms with Gasteiger partial charge in [0.1, 0.15) is 5.82 Å². The molecule has 0 bridgehead atoms. The molecule has 0 spiro atoms. The van der Waals surface area contributed by atoms with Crippen LogP contribution in [-0.4, -0.2) is 58.6 Å². The molecule has 1 aliphatic rings. The SMILES string of the molecule is CCOCCCNC(=O)CCc1nnc2ccc(N3CCCC3)nn12. The van der Waals surface area contributed by atoms with E-state index in [0.29, 0.717) is 32.6 Å². The van der Waals surface area contributed by atoms with Gasteiger partial charge in [0.15, 0.2) is 11.5 Å². The average Bonchev–Trinajstić information content (AvgIpc) is 3.29. The van der Waals surface area contributed by atoms with E-state index in [1.54, 1.807) is 4.52 Å². The van der Waals surface area contributed by atoms with Gasteiger partial charge in [-0.05, 0) is 38.3 Å². The number of aromatic nitrogens is 4. The topological polar surface area (TPSA) is 84.6 Å². The number of carbonyl (C=O) groups is 1. The molecule has 8 nitrogen and oxygen atoms in total. The van der Waals surface area contributed by atoms with Gasteiger partial charge in [-0.25, -0.2) is 0 Å². The average molecular weight is 346 g/mol. The van der Waals surface area contributed by atoms with Gasteiger partial charge < -0.3 is 15.0 Å². The van der Waals surface area contributed by atoms with Crippen molar-refractivity contribution in [1.82, 2.24) is 25.1 Å². The van der Waals surface area contributed by atoms with Gasteiger partial charge in [0.25, 0.3) is 0 Å². The van der Waals surface area contributed by atoms with Gasteiger partial charge in [0.2, 0.25) is 5.91 Å². The summed E-state index contributed by atoms with van der Waals surface area (Å²) in [5.74, 6) is 1.69. The van der Waals surface area contributed by atoms with E-state index in [0.717, 1.165) is 36.8 Å². The molecule has 1 amide bonds. The van der Waals surface area contributed by atoms with E-state index < -0.39 is 0 Å². The number of hydrogen-bond donors (Lipinski definition) is 1. The molecule has 1 aliphatic heterocycles. The molecule has 0 aromatic carbocycles. The number of amides is 1. The Morgan fingerprint density at radius 1 is 1.28 bits per heavy atom. The fraction of sp³-hybridized carbons (Fsp3) is 0.647. The lowest BCUT2D eigenvalue weighted by atomic mass is 10.3. The van der Waals surface area contributed by atoms with Crippen LogP contribution in [0.1, 0.15) is 38.4 Å². The summed E-state index contributed by atoms with van der Waals surface area (Å²) in [4.78, 5) is 14.2. The summed E-state index contributed by atoms with van der Waals surface area (Å²) in [5, 5.41) is 15.9. The summed E-state index contributed by atoms with van der Waals surface area (Å²) in [6.07, 6.45) is 4.14. The zero-order valence-electron chi connectivity index (χ0n) is 14.8. The van der Waals surface area contributed by atoms with E-state index >= 15 is 0 Å². The van der Waals surface area contributed by atoms with Crippen LogP contribution in [0.15, 0.2) is 12.1 Å². The minimum Gasteiger partial charge on any atom is -0.382 e. The molecule has 1 N–H and O–H groups in total. The Bertz CT molecular complexity index is 696. The Labute approximate surface area is 147 Å². The fourth-order valence-electron chi connectivity index (χ4n) is 2.95. The molecule has 25 heavy (non-hydrogen) atoms. The van der Waals surface area contributed by atoms with Crippen molar-refractivity contribution < 1.29 is 9.53 Å². The zero-order valence-corrected chi connectivity index (χ0v) is 14.8. The molecular weight excluding hydrogens is 320 g/mol. The van der Waals surface area contributed by atoms with Crippen molar-refractivity contribution in [2.45, 2.75) is 39.0 Å². The molecule has 3 heterocycles. The molecule has 0 unspecified atom stereocenters. The minimum absolute atomic E-state index is 0.0175. The van der Waals surface area contributed by atoms with Crippen LogP contribution in [0, 0.1) is 0 Å². The molecule has 0 saturated carbocycles. The van der Waals surface area contributed by atoms with E-state index in [1.165, 1.54) is 12.8 Å². The molecule has 0 atom stereocenters. The van der Waals surface area contributed by atoms with Crippen molar-refractivity contribution in [1.29, 1.82) is 0 Å². The van der Waals surface area contributed by atoms with E-state index in [1.807, 2.05) is 19.1 Å². The molecule has 0 aliphatic carbocycles. The predicted octanol–water partition coefficient (Wildman–Crippen LogP) is 1.20. The van der Waals surface area contributed by atoms with Gasteiger partial charge in [0, 0.05) is 45.7 Å². The molecule has 0 radical (unpaired) electrons. The lowest BCUT2D eigenvalue weighted by Crippen LogP contribution is -2.25. The summed E-state index contributed by atoms with van der Waals surface area (Å²) in [7, 11) is 0. The number of anilines is 1. The number of nitrogens with one attached hydrogen (secondary N) is 1. The first-order valence-electron chi connectivity index (χ1n) is 9.08. The summed E-state index contributed by atoms with van der Waals surface area (Å²) < 4.78 is 7.01. The maximum absolute atomic E-state index is 11.9. The first-order valence-corrected chi connectivity index (χ1v) is 9.08. The van der Waals surface area contributed by atoms with Crippen LogP contribution in [0.4, 0.5) is 5.82 Å². The van der Waals surface area contributed by atoms with Gasteiger partial charge in [-0.1, -0.05) is 0 Å². The Balaban J connectivity index is 1.54. The van der Waals surface area contributed by atoms with Gasteiger partial charge >= 0.3 is 0 Å². The monoisotopic (exact) mass is 346 g/mol.